The molecule has 0 atom stereocenters. The smallest absolute Gasteiger partial charge is 0.387 e. The predicted molar refractivity (Wildman–Crippen MR) is 142 cm³/mol. The van der Waals surface area contributed by atoms with Crippen molar-refractivity contribution in [2.75, 3.05) is 7.11 Å². The maximum Gasteiger partial charge on any atom is 0.387 e. The van der Waals surface area contributed by atoms with Gasteiger partial charge in [-0.1, -0.05) is 18.2 Å². The third-order valence-electron chi connectivity index (χ3n) is 6.33. The number of rotatable bonds is 8. The van der Waals surface area contributed by atoms with E-state index in [-0.39, 0.29) is 28.1 Å². The van der Waals surface area contributed by atoms with Crippen molar-refractivity contribution in [2.24, 2.45) is 0 Å². The van der Waals surface area contributed by atoms with E-state index in [2.05, 4.69) is 8.92 Å². The molecular weight excluding hydrogens is 623 g/mol. The highest BCUT2D eigenvalue weighted by Gasteiger charge is 2.31. The summed E-state index contributed by atoms with van der Waals surface area (Å²) in [5.74, 6) is -14.2. The second-order valence-electron chi connectivity index (χ2n) is 8.96. The molecule has 0 aliphatic heterocycles. The maximum absolute atomic E-state index is 14.1. The van der Waals surface area contributed by atoms with Crippen LogP contribution in [-0.2, 0) is 10.1 Å². The first-order chi connectivity index (χ1) is 20.8. The zero-order chi connectivity index (χ0) is 31.9. The second kappa shape index (κ2) is 11.6. The van der Waals surface area contributed by atoms with Crippen molar-refractivity contribution in [1.82, 2.24) is 4.57 Å². The van der Waals surface area contributed by atoms with Crippen LogP contribution in [0.5, 0.6) is 17.2 Å². The predicted octanol–water partition coefficient (Wildman–Crippen LogP) is 6.73. The number of fused-ring (bicyclic) bond motifs is 1. The third-order valence-corrected chi connectivity index (χ3v) is 7.55. The summed E-state index contributed by atoms with van der Waals surface area (Å²) >= 11 is 0. The van der Waals surface area contributed by atoms with Gasteiger partial charge in [0.2, 0.25) is 34.8 Å². The summed E-state index contributed by atoms with van der Waals surface area (Å²) in [4.78, 5) is 12.3. The Morgan fingerprint density at radius 2 is 1.41 bits per heavy atom. The molecule has 0 aliphatic carbocycles. The lowest BCUT2D eigenvalue weighted by molar-refractivity contribution is -0.0498. The zero-order valence-corrected chi connectivity index (χ0v) is 22.8. The van der Waals surface area contributed by atoms with Crippen LogP contribution in [0.25, 0.3) is 27.7 Å². The van der Waals surface area contributed by atoms with Crippen LogP contribution in [0.2, 0.25) is 0 Å². The van der Waals surface area contributed by atoms with Crippen molar-refractivity contribution in [2.45, 2.75) is 11.5 Å². The lowest BCUT2D eigenvalue weighted by Crippen LogP contribution is -2.19. The van der Waals surface area contributed by atoms with Gasteiger partial charge in [0.25, 0.3) is 5.56 Å². The molecule has 15 heteroatoms. The van der Waals surface area contributed by atoms with Crippen LogP contribution in [0.1, 0.15) is 0 Å². The number of pyridine rings is 1. The van der Waals surface area contributed by atoms with E-state index in [9.17, 15) is 43.9 Å². The van der Waals surface area contributed by atoms with Crippen molar-refractivity contribution in [1.29, 1.82) is 0 Å². The normalized spacial score (nSPS) is 11.7. The lowest BCUT2D eigenvalue weighted by atomic mass is 10.0. The summed E-state index contributed by atoms with van der Waals surface area (Å²) in [6.07, 6.45) is 0. The number of nitrogens with zero attached hydrogens (tertiary/aromatic N) is 1. The first kappa shape index (κ1) is 30.4. The van der Waals surface area contributed by atoms with Crippen molar-refractivity contribution in [3.63, 3.8) is 0 Å². The van der Waals surface area contributed by atoms with E-state index in [1.54, 1.807) is 12.1 Å². The van der Waals surface area contributed by atoms with Crippen molar-refractivity contribution < 1.29 is 52.8 Å². The summed E-state index contributed by atoms with van der Waals surface area (Å²) < 4.78 is 135. The van der Waals surface area contributed by atoms with Gasteiger partial charge < -0.3 is 13.7 Å². The van der Waals surface area contributed by atoms with Crippen LogP contribution in [0, 0.1) is 29.1 Å². The number of ether oxygens (including phenoxy) is 2. The molecule has 0 unspecified atom stereocenters. The first-order valence-corrected chi connectivity index (χ1v) is 13.6. The molecule has 44 heavy (non-hydrogen) atoms. The van der Waals surface area contributed by atoms with E-state index in [0.29, 0.717) is 11.1 Å². The number of hydrogen-bond donors (Lipinski definition) is 0. The van der Waals surface area contributed by atoms with Gasteiger partial charge in [0, 0.05) is 11.5 Å². The fourth-order valence-electron chi connectivity index (χ4n) is 4.34. The molecule has 0 amide bonds. The average molecular weight is 640 g/mol. The highest BCUT2D eigenvalue weighted by Crippen LogP contribution is 2.34. The van der Waals surface area contributed by atoms with Gasteiger partial charge in [0.05, 0.1) is 18.3 Å². The topological polar surface area (TPSA) is 83.8 Å². The fraction of sp³-hybridized carbons (Fsp3) is 0.0690. The van der Waals surface area contributed by atoms with Gasteiger partial charge in [-0.3, -0.25) is 9.36 Å². The second-order valence-corrected chi connectivity index (χ2v) is 10.5. The Labute approximate surface area is 243 Å². The van der Waals surface area contributed by atoms with Gasteiger partial charge >= 0.3 is 16.7 Å². The van der Waals surface area contributed by atoms with Crippen molar-refractivity contribution in [3.8, 4) is 34.1 Å². The number of halogens is 7. The maximum atomic E-state index is 14.1. The zero-order valence-electron chi connectivity index (χ0n) is 22.0. The van der Waals surface area contributed by atoms with Gasteiger partial charge in [-0.05, 0) is 59.7 Å². The molecular formula is C29H16F7NO6S. The van der Waals surface area contributed by atoms with Crippen molar-refractivity contribution in [3.05, 3.63) is 112 Å². The Morgan fingerprint density at radius 3 is 2.07 bits per heavy atom. The highest BCUT2D eigenvalue weighted by atomic mass is 32.2. The van der Waals surface area contributed by atoms with E-state index < -0.39 is 62.0 Å². The Balaban J connectivity index is 1.56. The number of methoxy groups -OCH3 is 1. The standard InChI is InChI=1S/C29H16F7NO6S/c1-41-21-13-15(14-3-2-4-17(11-14)42-29(35)36)5-8-20(21)37-19-9-7-18(12-16(19)6-10-22(37)38)44(39,40)43-28-26(33)24(31)23(30)25(32)27(28)34/h2-13,29H,1H3. The van der Waals surface area contributed by atoms with E-state index in [1.165, 1.54) is 43.5 Å². The summed E-state index contributed by atoms with van der Waals surface area (Å²) in [6.45, 7) is -3.03. The summed E-state index contributed by atoms with van der Waals surface area (Å²) in [5, 5.41) is 0.0923. The molecule has 7 nitrogen and oxygen atoms in total. The van der Waals surface area contributed by atoms with E-state index in [0.717, 1.165) is 28.8 Å². The number of benzene rings is 4. The molecule has 4 aromatic carbocycles. The largest absolute Gasteiger partial charge is 0.495 e. The van der Waals surface area contributed by atoms with E-state index >= 15 is 0 Å². The quantitative estimate of drug-likeness (QED) is 0.0811. The molecule has 228 valence electrons. The molecule has 5 aromatic rings. The van der Waals surface area contributed by atoms with Crippen LogP contribution in [0.4, 0.5) is 30.7 Å². The van der Waals surface area contributed by atoms with Gasteiger partial charge in [0.15, 0.2) is 0 Å². The van der Waals surface area contributed by atoms with Crippen LogP contribution in [0.3, 0.4) is 0 Å². The van der Waals surface area contributed by atoms with Crippen LogP contribution >= 0.6 is 0 Å². The minimum absolute atomic E-state index is 0.0827. The molecule has 0 bridgehead atoms. The minimum Gasteiger partial charge on any atom is -0.495 e. The molecule has 5 rings (SSSR count). The SMILES string of the molecule is COc1cc(-c2cccc(OC(F)F)c2)ccc1-n1c(=O)ccc2cc(S(=O)(=O)Oc3c(F)c(F)c(F)c(F)c3F)ccc21. The lowest BCUT2D eigenvalue weighted by Gasteiger charge is -2.16. The Morgan fingerprint density at radius 1 is 0.750 bits per heavy atom. The van der Waals surface area contributed by atoms with E-state index in [1.807, 2.05) is 0 Å². The first-order valence-electron chi connectivity index (χ1n) is 12.2. The molecule has 0 saturated heterocycles. The molecule has 0 fully saturated rings. The Bertz CT molecular complexity index is 2070. The molecule has 0 saturated carbocycles. The molecule has 0 N–H and O–H groups in total. The summed E-state index contributed by atoms with van der Waals surface area (Å²) in [6, 6.07) is 15.8. The third kappa shape index (κ3) is 5.53. The van der Waals surface area contributed by atoms with Crippen molar-refractivity contribution >= 4 is 21.0 Å². The molecule has 0 spiro atoms. The number of alkyl halides is 2. The fourth-order valence-corrected chi connectivity index (χ4v) is 5.31. The Kier molecular flexibility index (Phi) is 7.99. The van der Waals surface area contributed by atoms with Gasteiger partial charge in [-0.15, -0.1) is 0 Å². The van der Waals surface area contributed by atoms with Gasteiger partial charge in [-0.25, -0.2) is 13.2 Å². The molecule has 1 aromatic heterocycles. The van der Waals surface area contributed by atoms with Gasteiger partial charge in [-0.2, -0.15) is 26.0 Å². The summed E-state index contributed by atoms with van der Waals surface area (Å²) in [7, 11) is -3.83. The van der Waals surface area contributed by atoms with Gasteiger partial charge in [0.1, 0.15) is 16.4 Å². The molecule has 1 heterocycles. The number of aromatic nitrogens is 1. The minimum atomic E-state index is -5.15. The molecule has 0 aliphatic rings. The van der Waals surface area contributed by atoms with Crippen LogP contribution in [0.15, 0.2) is 82.5 Å². The van der Waals surface area contributed by atoms with Crippen LogP contribution in [-0.4, -0.2) is 26.7 Å². The monoisotopic (exact) mass is 639 g/mol. The Hall–Kier alpha value is -5.05. The average Bonchev–Trinajstić information content (AvgIpc) is 3.00. The van der Waals surface area contributed by atoms with Crippen LogP contribution < -0.4 is 19.2 Å². The number of hydrogen-bond acceptors (Lipinski definition) is 6. The molecule has 0 radical (unpaired) electrons. The summed E-state index contributed by atoms with van der Waals surface area (Å²) in [5.41, 5.74) is 0.745. The van der Waals surface area contributed by atoms with E-state index in [4.69, 9.17) is 4.74 Å². The highest BCUT2D eigenvalue weighted by molar-refractivity contribution is 7.87.